The van der Waals surface area contributed by atoms with Crippen LogP contribution in [0.25, 0.3) is 0 Å². The van der Waals surface area contributed by atoms with E-state index in [-0.39, 0.29) is 10.7 Å². The highest BCUT2D eigenvalue weighted by Crippen LogP contribution is 2.31. The lowest BCUT2D eigenvalue weighted by Gasteiger charge is -2.28. The fourth-order valence-corrected chi connectivity index (χ4v) is 2.10. The number of hydrogen-bond donors (Lipinski definition) is 3. The lowest BCUT2D eigenvalue weighted by atomic mass is 9.86. The maximum Gasteiger partial charge on any atom is 0.165 e. The molecule has 1 unspecified atom stereocenters. The SMILES string of the molecule is NC(=S)C(O)(c1ccccc1)c1cccc(O)c1. The van der Waals surface area contributed by atoms with Crippen LogP contribution in [-0.4, -0.2) is 15.2 Å². The van der Waals surface area contributed by atoms with Gasteiger partial charge in [-0.25, -0.2) is 0 Å². The number of nitrogens with two attached hydrogens (primary N) is 1. The zero-order valence-corrected chi connectivity index (χ0v) is 10.4. The molecule has 18 heavy (non-hydrogen) atoms. The first kappa shape index (κ1) is 12.5. The van der Waals surface area contributed by atoms with Crippen molar-refractivity contribution in [2.75, 3.05) is 0 Å². The number of aliphatic hydroxyl groups is 1. The molecule has 0 aliphatic rings. The minimum atomic E-state index is -1.57. The van der Waals surface area contributed by atoms with E-state index in [0.29, 0.717) is 11.1 Å². The molecule has 0 heterocycles. The standard InChI is InChI=1S/C14H13NO2S/c15-13(18)14(17,10-5-2-1-3-6-10)11-7-4-8-12(16)9-11/h1-9,16-17H,(H2,15,18). The molecule has 0 radical (unpaired) electrons. The third-order valence-electron chi connectivity index (χ3n) is 2.81. The van der Waals surface area contributed by atoms with Crippen LogP contribution < -0.4 is 5.73 Å². The summed E-state index contributed by atoms with van der Waals surface area (Å²) < 4.78 is 0. The van der Waals surface area contributed by atoms with E-state index in [2.05, 4.69) is 0 Å². The average molecular weight is 259 g/mol. The highest BCUT2D eigenvalue weighted by atomic mass is 32.1. The Balaban J connectivity index is 2.62. The number of hydrogen-bond acceptors (Lipinski definition) is 3. The van der Waals surface area contributed by atoms with Crippen LogP contribution in [0.5, 0.6) is 5.75 Å². The van der Waals surface area contributed by atoms with Gasteiger partial charge >= 0.3 is 0 Å². The van der Waals surface area contributed by atoms with E-state index in [4.69, 9.17) is 18.0 Å². The van der Waals surface area contributed by atoms with Crippen LogP contribution in [0, 0.1) is 0 Å². The predicted molar refractivity (Wildman–Crippen MR) is 74.3 cm³/mol. The Bertz CT molecular complexity index is 571. The van der Waals surface area contributed by atoms with E-state index in [1.54, 1.807) is 36.4 Å². The molecule has 4 heteroatoms. The number of phenolic OH excluding ortho intramolecular Hbond substituents is 1. The second-order valence-corrected chi connectivity index (χ2v) is 4.43. The van der Waals surface area contributed by atoms with Crippen molar-refractivity contribution >= 4 is 17.2 Å². The van der Waals surface area contributed by atoms with Crippen molar-refractivity contribution in [3.8, 4) is 5.75 Å². The number of rotatable bonds is 3. The van der Waals surface area contributed by atoms with Crippen molar-refractivity contribution in [1.82, 2.24) is 0 Å². The van der Waals surface area contributed by atoms with Gasteiger partial charge in [-0.1, -0.05) is 54.7 Å². The molecular weight excluding hydrogens is 246 g/mol. The smallest absolute Gasteiger partial charge is 0.165 e. The molecular formula is C14H13NO2S. The Morgan fingerprint density at radius 3 is 2.17 bits per heavy atom. The third kappa shape index (κ3) is 2.08. The van der Waals surface area contributed by atoms with E-state index >= 15 is 0 Å². The summed E-state index contributed by atoms with van der Waals surface area (Å²) in [4.78, 5) is -0.0562. The Kier molecular flexibility index (Phi) is 3.32. The maximum atomic E-state index is 10.8. The summed E-state index contributed by atoms with van der Waals surface area (Å²) in [7, 11) is 0. The van der Waals surface area contributed by atoms with Gasteiger partial charge in [0.15, 0.2) is 5.60 Å². The molecule has 0 fully saturated rings. The Labute approximate surface area is 111 Å². The Morgan fingerprint density at radius 2 is 1.61 bits per heavy atom. The van der Waals surface area contributed by atoms with Crippen molar-refractivity contribution in [3.05, 3.63) is 65.7 Å². The zero-order chi connectivity index (χ0) is 13.2. The summed E-state index contributed by atoms with van der Waals surface area (Å²) in [5.74, 6) is 0.0538. The third-order valence-corrected chi connectivity index (χ3v) is 3.11. The lowest BCUT2D eigenvalue weighted by Crippen LogP contribution is -2.40. The number of benzene rings is 2. The topological polar surface area (TPSA) is 66.5 Å². The quantitative estimate of drug-likeness (QED) is 0.737. The van der Waals surface area contributed by atoms with Crippen LogP contribution in [0.2, 0.25) is 0 Å². The second kappa shape index (κ2) is 4.76. The van der Waals surface area contributed by atoms with Gasteiger partial charge in [0.25, 0.3) is 0 Å². The maximum absolute atomic E-state index is 10.8. The number of phenols is 1. The lowest BCUT2D eigenvalue weighted by molar-refractivity contribution is 0.157. The molecule has 2 aromatic rings. The first-order valence-electron chi connectivity index (χ1n) is 5.42. The highest BCUT2D eigenvalue weighted by Gasteiger charge is 2.35. The summed E-state index contributed by atoms with van der Waals surface area (Å²) >= 11 is 4.98. The van der Waals surface area contributed by atoms with Crippen molar-refractivity contribution < 1.29 is 10.2 Å². The van der Waals surface area contributed by atoms with Crippen LogP contribution in [0.3, 0.4) is 0 Å². The normalized spacial score (nSPS) is 13.8. The molecule has 2 rings (SSSR count). The zero-order valence-electron chi connectivity index (χ0n) is 9.58. The van der Waals surface area contributed by atoms with Gasteiger partial charge in [0.05, 0.1) is 0 Å². The van der Waals surface area contributed by atoms with Crippen molar-refractivity contribution in [2.45, 2.75) is 5.60 Å². The minimum Gasteiger partial charge on any atom is -0.508 e. The Morgan fingerprint density at radius 1 is 1.00 bits per heavy atom. The molecule has 0 spiro atoms. The molecule has 2 aromatic carbocycles. The first-order valence-corrected chi connectivity index (χ1v) is 5.83. The van der Waals surface area contributed by atoms with Crippen LogP contribution in [0.4, 0.5) is 0 Å². The van der Waals surface area contributed by atoms with E-state index in [9.17, 15) is 10.2 Å². The largest absolute Gasteiger partial charge is 0.508 e. The van der Waals surface area contributed by atoms with Crippen LogP contribution in [-0.2, 0) is 5.60 Å². The van der Waals surface area contributed by atoms with Gasteiger partial charge in [-0.05, 0) is 23.3 Å². The number of aromatic hydroxyl groups is 1. The number of thiocarbonyl (C=S) groups is 1. The van der Waals surface area contributed by atoms with Gasteiger partial charge in [-0.3, -0.25) is 0 Å². The molecule has 0 saturated heterocycles. The summed E-state index contributed by atoms with van der Waals surface area (Å²) in [6.07, 6.45) is 0. The minimum absolute atomic E-state index is 0.0538. The molecule has 0 aliphatic heterocycles. The van der Waals surface area contributed by atoms with E-state index in [1.165, 1.54) is 12.1 Å². The fraction of sp³-hybridized carbons (Fsp3) is 0.0714. The fourth-order valence-electron chi connectivity index (χ4n) is 1.86. The summed E-state index contributed by atoms with van der Waals surface area (Å²) in [6, 6.07) is 15.2. The molecule has 0 amide bonds. The monoisotopic (exact) mass is 259 g/mol. The van der Waals surface area contributed by atoms with Gasteiger partial charge in [-0.15, -0.1) is 0 Å². The highest BCUT2D eigenvalue weighted by molar-refractivity contribution is 7.80. The molecule has 0 aromatic heterocycles. The second-order valence-electron chi connectivity index (χ2n) is 3.99. The van der Waals surface area contributed by atoms with E-state index in [1.807, 2.05) is 6.07 Å². The predicted octanol–water partition coefficient (Wildman–Crippen LogP) is 1.91. The van der Waals surface area contributed by atoms with Gasteiger partial charge < -0.3 is 15.9 Å². The van der Waals surface area contributed by atoms with Crippen LogP contribution in [0.15, 0.2) is 54.6 Å². The van der Waals surface area contributed by atoms with Crippen LogP contribution in [0.1, 0.15) is 11.1 Å². The van der Waals surface area contributed by atoms with E-state index < -0.39 is 5.60 Å². The molecule has 0 bridgehead atoms. The van der Waals surface area contributed by atoms with Crippen LogP contribution >= 0.6 is 12.2 Å². The van der Waals surface area contributed by atoms with Crippen molar-refractivity contribution in [2.24, 2.45) is 5.73 Å². The molecule has 0 aliphatic carbocycles. The van der Waals surface area contributed by atoms with Gasteiger partial charge in [0.2, 0.25) is 0 Å². The van der Waals surface area contributed by atoms with Crippen molar-refractivity contribution in [3.63, 3.8) is 0 Å². The van der Waals surface area contributed by atoms with Gasteiger partial charge in [-0.2, -0.15) is 0 Å². The molecule has 4 N–H and O–H groups in total. The summed E-state index contributed by atoms with van der Waals surface area (Å²) in [5, 5.41) is 20.3. The molecule has 3 nitrogen and oxygen atoms in total. The molecule has 1 atom stereocenters. The Hall–Kier alpha value is -1.91. The first-order chi connectivity index (χ1) is 8.55. The summed E-state index contributed by atoms with van der Waals surface area (Å²) in [6.45, 7) is 0. The molecule has 0 saturated carbocycles. The van der Waals surface area contributed by atoms with Gasteiger partial charge in [0.1, 0.15) is 10.7 Å². The summed E-state index contributed by atoms with van der Waals surface area (Å²) in [5.41, 5.74) is 5.13. The molecule has 92 valence electrons. The van der Waals surface area contributed by atoms with E-state index in [0.717, 1.165) is 0 Å². The van der Waals surface area contributed by atoms with Gasteiger partial charge in [0, 0.05) is 0 Å². The average Bonchev–Trinajstić information content (AvgIpc) is 2.38. The van der Waals surface area contributed by atoms with Crippen molar-refractivity contribution in [1.29, 1.82) is 0 Å².